The molecule has 2 heterocycles. The van der Waals surface area contributed by atoms with Gasteiger partial charge in [0.2, 0.25) is 4.96 Å². The quantitative estimate of drug-likeness (QED) is 0.692. The maximum Gasteiger partial charge on any atom is 0.216 e. The van der Waals surface area contributed by atoms with Gasteiger partial charge in [-0.1, -0.05) is 23.5 Å². The Bertz CT molecular complexity index is 756. The van der Waals surface area contributed by atoms with Gasteiger partial charge in [-0.2, -0.15) is 0 Å². The second-order valence-corrected chi connectivity index (χ2v) is 6.01. The van der Waals surface area contributed by atoms with E-state index in [4.69, 9.17) is 5.73 Å². The van der Waals surface area contributed by atoms with Crippen LogP contribution in [0.4, 0.5) is 5.69 Å². The van der Waals surface area contributed by atoms with Crippen LogP contribution in [-0.2, 0) is 12.8 Å². The Kier molecular flexibility index (Phi) is 2.35. The van der Waals surface area contributed by atoms with Gasteiger partial charge in [0.15, 0.2) is 5.82 Å². The Balaban J connectivity index is 1.97. The number of rotatable bonds is 1. The molecule has 0 aliphatic heterocycles. The number of nitrogen functional groups attached to an aromatic ring is 1. The summed E-state index contributed by atoms with van der Waals surface area (Å²) in [6, 6.07) is 7.86. The molecule has 0 saturated carbocycles. The van der Waals surface area contributed by atoms with E-state index in [0.29, 0.717) is 0 Å². The second-order valence-electron chi connectivity index (χ2n) is 4.95. The Hall–Kier alpha value is -1.88. The highest BCUT2D eigenvalue weighted by atomic mass is 32.1. The lowest BCUT2D eigenvalue weighted by atomic mass is 10.0. The van der Waals surface area contributed by atoms with Crippen LogP contribution in [0.25, 0.3) is 16.3 Å². The molecule has 2 N–H and O–H groups in total. The van der Waals surface area contributed by atoms with Crippen LogP contribution in [0.15, 0.2) is 24.3 Å². The number of fused-ring (bicyclic) bond motifs is 3. The summed E-state index contributed by atoms with van der Waals surface area (Å²) < 4.78 is 2.22. The van der Waals surface area contributed by atoms with Gasteiger partial charge < -0.3 is 5.73 Å². The molecule has 0 amide bonds. The number of anilines is 1. The average molecular weight is 270 g/mol. The molecular weight excluding hydrogens is 256 g/mol. The number of hydrogen-bond acceptors (Lipinski definition) is 4. The molecule has 2 aromatic heterocycles. The minimum atomic E-state index is 0.762. The molecule has 1 aliphatic rings. The smallest absolute Gasteiger partial charge is 0.216 e. The van der Waals surface area contributed by atoms with E-state index in [2.05, 4.69) is 14.6 Å². The molecule has 0 saturated heterocycles. The van der Waals surface area contributed by atoms with E-state index in [0.717, 1.165) is 28.5 Å². The average Bonchev–Trinajstić information content (AvgIpc) is 2.97. The first-order valence-electron chi connectivity index (χ1n) is 6.54. The molecule has 0 bridgehead atoms. The van der Waals surface area contributed by atoms with E-state index < -0.39 is 0 Å². The zero-order chi connectivity index (χ0) is 12.8. The van der Waals surface area contributed by atoms with E-state index in [1.54, 1.807) is 11.3 Å². The van der Waals surface area contributed by atoms with Gasteiger partial charge in [0.1, 0.15) is 0 Å². The first-order chi connectivity index (χ1) is 9.33. The normalized spacial score (nSPS) is 14.7. The minimum Gasteiger partial charge on any atom is -0.399 e. The van der Waals surface area contributed by atoms with Crippen molar-refractivity contribution in [3.63, 3.8) is 0 Å². The fourth-order valence-corrected chi connectivity index (χ4v) is 3.91. The number of benzene rings is 1. The summed E-state index contributed by atoms with van der Waals surface area (Å²) in [7, 11) is 0. The number of aromatic nitrogens is 3. The predicted octanol–water partition coefficient (Wildman–Crippen LogP) is 2.92. The molecule has 0 unspecified atom stereocenters. The first kappa shape index (κ1) is 11.0. The Morgan fingerprint density at radius 1 is 1.16 bits per heavy atom. The lowest BCUT2D eigenvalue weighted by Crippen LogP contribution is -2.03. The molecule has 96 valence electrons. The molecule has 0 atom stereocenters. The summed E-state index contributed by atoms with van der Waals surface area (Å²) in [6.45, 7) is 0. The minimum absolute atomic E-state index is 0.762. The molecular formula is C14H14N4S. The highest BCUT2D eigenvalue weighted by molar-refractivity contribution is 7.17. The summed E-state index contributed by atoms with van der Waals surface area (Å²) in [5, 5.41) is 8.66. The fourth-order valence-electron chi connectivity index (χ4n) is 2.76. The van der Waals surface area contributed by atoms with Gasteiger partial charge in [0.25, 0.3) is 0 Å². The van der Waals surface area contributed by atoms with Crippen LogP contribution in [0.1, 0.15) is 23.4 Å². The van der Waals surface area contributed by atoms with Gasteiger partial charge in [-0.15, -0.1) is 10.2 Å². The zero-order valence-electron chi connectivity index (χ0n) is 10.5. The molecule has 4 rings (SSSR count). The SMILES string of the molecule is Nc1cccc(-c2nnc3sc4c(n23)CCCC4)c1. The maximum absolute atomic E-state index is 5.87. The first-order valence-corrected chi connectivity index (χ1v) is 7.36. The number of thiazole rings is 1. The van der Waals surface area contributed by atoms with Crippen LogP contribution >= 0.6 is 11.3 Å². The Labute approximate surface area is 114 Å². The molecule has 0 spiro atoms. The largest absolute Gasteiger partial charge is 0.399 e. The Morgan fingerprint density at radius 3 is 2.95 bits per heavy atom. The maximum atomic E-state index is 5.87. The predicted molar refractivity (Wildman–Crippen MR) is 77.4 cm³/mol. The van der Waals surface area contributed by atoms with Crippen molar-refractivity contribution in [2.24, 2.45) is 0 Å². The van der Waals surface area contributed by atoms with Crippen molar-refractivity contribution in [3.05, 3.63) is 34.8 Å². The third kappa shape index (κ3) is 1.65. The standard InChI is InChI=1S/C14H14N4S/c15-10-5-3-4-9(8-10)13-16-17-14-18(13)11-6-1-2-7-12(11)19-14/h3-5,8H,1-2,6-7,15H2. The highest BCUT2D eigenvalue weighted by Crippen LogP contribution is 2.32. The number of aryl methyl sites for hydroxylation is 2. The van der Waals surface area contributed by atoms with Crippen LogP contribution in [0.3, 0.4) is 0 Å². The van der Waals surface area contributed by atoms with Crippen molar-refractivity contribution in [2.45, 2.75) is 25.7 Å². The molecule has 0 fully saturated rings. The van der Waals surface area contributed by atoms with Gasteiger partial charge >= 0.3 is 0 Å². The van der Waals surface area contributed by atoms with Gasteiger partial charge in [-0.25, -0.2) is 0 Å². The topological polar surface area (TPSA) is 56.2 Å². The number of nitrogens with two attached hydrogens (primary N) is 1. The monoisotopic (exact) mass is 270 g/mol. The second kappa shape index (κ2) is 4.06. The van der Waals surface area contributed by atoms with Crippen LogP contribution < -0.4 is 5.73 Å². The van der Waals surface area contributed by atoms with Crippen molar-refractivity contribution in [3.8, 4) is 11.4 Å². The molecule has 5 heteroatoms. The van der Waals surface area contributed by atoms with Gasteiger partial charge in [0.05, 0.1) is 0 Å². The molecule has 0 radical (unpaired) electrons. The molecule has 3 aromatic rings. The third-order valence-corrected chi connectivity index (χ3v) is 4.78. The van der Waals surface area contributed by atoms with Crippen molar-refractivity contribution in [1.29, 1.82) is 0 Å². The van der Waals surface area contributed by atoms with Gasteiger partial charge in [-0.3, -0.25) is 4.40 Å². The third-order valence-electron chi connectivity index (χ3n) is 3.65. The van der Waals surface area contributed by atoms with Crippen molar-refractivity contribution in [1.82, 2.24) is 14.6 Å². The summed E-state index contributed by atoms with van der Waals surface area (Å²) in [5.74, 6) is 0.918. The van der Waals surface area contributed by atoms with Crippen molar-refractivity contribution < 1.29 is 0 Å². The van der Waals surface area contributed by atoms with Crippen molar-refractivity contribution in [2.75, 3.05) is 5.73 Å². The van der Waals surface area contributed by atoms with Crippen LogP contribution in [-0.4, -0.2) is 14.6 Å². The summed E-state index contributed by atoms with van der Waals surface area (Å²) in [4.78, 5) is 2.48. The summed E-state index contributed by atoms with van der Waals surface area (Å²) >= 11 is 1.78. The van der Waals surface area contributed by atoms with Gasteiger partial charge in [0, 0.05) is 21.8 Å². The molecule has 1 aliphatic carbocycles. The summed E-state index contributed by atoms with van der Waals surface area (Å²) in [6.07, 6.45) is 4.85. The number of hydrogen-bond donors (Lipinski definition) is 1. The zero-order valence-corrected chi connectivity index (χ0v) is 11.3. The van der Waals surface area contributed by atoms with Crippen LogP contribution in [0, 0.1) is 0 Å². The Morgan fingerprint density at radius 2 is 2.05 bits per heavy atom. The lowest BCUT2D eigenvalue weighted by molar-refractivity contribution is 0.675. The van der Waals surface area contributed by atoms with Gasteiger partial charge in [-0.05, 0) is 37.8 Å². The van der Waals surface area contributed by atoms with E-state index in [-0.39, 0.29) is 0 Å². The van der Waals surface area contributed by atoms with E-state index in [1.165, 1.54) is 29.8 Å². The number of nitrogens with zero attached hydrogens (tertiary/aromatic N) is 3. The molecule has 19 heavy (non-hydrogen) atoms. The van der Waals surface area contributed by atoms with E-state index in [9.17, 15) is 0 Å². The van der Waals surface area contributed by atoms with E-state index in [1.807, 2.05) is 24.3 Å². The molecule has 4 nitrogen and oxygen atoms in total. The van der Waals surface area contributed by atoms with Crippen LogP contribution in [0.5, 0.6) is 0 Å². The fraction of sp³-hybridized carbons (Fsp3) is 0.286. The van der Waals surface area contributed by atoms with E-state index >= 15 is 0 Å². The van der Waals surface area contributed by atoms with Crippen molar-refractivity contribution >= 4 is 22.0 Å². The highest BCUT2D eigenvalue weighted by Gasteiger charge is 2.20. The molecule has 1 aromatic carbocycles. The summed E-state index contributed by atoms with van der Waals surface area (Å²) in [5.41, 5.74) is 9.07. The lowest BCUT2D eigenvalue weighted by Gasteiger charge is -2.11. The van der Waals surface area contributed by atoms with Crippen LogP contribution in [0.2, 0.25) is 0 Å².